The van der Waals surface area contributed by atoms with Crippen LogP contribution in [0.3, 0.4) is 0 Å². The number of halogens is 3. The Hall–Kier alpha value is -0.990. The van der Waals surface area contributed by atoms with Gasteiger partial charge in [0.15, 0.2) is 0 Å². The molecule has 0 N–H and O–H groups in total. The maximum absolute atomic E-state index is 2.08. The average Bonchev–Trinajstić information content (AvgIpc) is 1.69. The molecular formula is C7H11F3. The smallest absolute Gasteiger partial charge is 0.0398 e. The lowest BCUT2D eigenvalue weighted by Gasteiger charge is -1.82. The van der Waals surface area contributed by atoms with Crippen molar-refractivity contribution in [1.29, 1.82) is 0 Å². The van der Waals surface area contributed by atoms with E-state index < -0.39 is 0 Å². The Balaban J connectivity index is -0.000000163. The third-order valence-electron chi connectivity index (χ3n) is 0.940. The zero-order valence-electron chi connectivity index (χ0n) is 5.61. The predicted octanol–water partition coefficient (Wildman–Crippen LogP) is 2.45. The highest BCUT2D eigenvalue weighted by Gasteiger charge is 1.72. The quantitative estimate of drug-likeness (QED) is 0.535. The average molecular weight is 152 g/mol. The summed E-state index contributed by atoms with van der Waals surface area (Å²) in [6.45, 7) is 2.08. The van der Waals surface area contributed by atoms with E-state index >= 15 is 0 Å². The van der Waals surface area contributed by atoms with Gasteiger partial charge in [0.1, 0.15) is 0 Å². The third kappa shape index (κ3) is 5.15. The van der Waals surface area contributed by atoms with Crippen LogP contribution < -0.4 is 0 Å². The lowest BCUT2D eigenvalue weighted by molar-refractivity contribution is 1.11. The number of hydrogen-bond donors (Lipinski definition) is 0. The molecule has 0 heterocycles. The number of benzene rings is 1. The molecule has 0 aliphatic carbocycles. The molecule has 0 aromatic heterocycles. The van der Waals surface area contributed by atoms with Crippen LogP contribution in [0.5, 0.6) is 0 Å². The standard InChI is InChI=1S/C7H8.3FH/c1-7-5-3-2-4-6-7;;;/h2-6H,1H3;3*1H. The second kappa shape index (κ2) is 8.01. The maximum Gasteiger partial charge on any atom is -0.0398 e. The van der Waals surface area contributed by atoms with Crippen LogP contribution in [0.15, 0.2) is 30.3 Å². The van der Waals surface area contributed by atoms with Gasteiger partial charge in [-0.15, -0.1) is 0 Å². The molecule has 0 unspecified atom stereocenters. The predicted molar refractivity (Wildman–Crippen MR) is 38.7 cm³/mol. The van der Waals surface area contributed by atoms with Crippen LogP contribution in [0, 0.1) is 6.92 Å². The van der Waals surface area contributed by atoms with Crippen molar-refractivity contribution in [3.8, 4) is 0 Å². The van der Waals surface area contributed by atoms with Crippen LogP contribution in [-0.2, 0) is 0 Å². The van der Waals surface area contributed by atoms with Gasteiger partial charge in [0, 0.05) is 0 Å². The highest BCUT2D eigenvalue weighted by molar-refractivity contribution is 5.11. The summed E-state index contributed by atoms with van der Waals surface area (Å²) in [6, 6.07) is 10.3. The Bertz CT molecular complexity index is 139. The molecular weight excluding hydrogens is 141 g/mol. The second-order valence-corrected chi connectivity index (χ2v) is 1.65. The fraction of sp³-hybridized carbons (Fsp3) is 0.143. The molecule has 1 rings (SSSR count). The van der Waals surface area contributed by atoms with E-state index in [0.717, 1.165) is 0 Å². The summed E-state index contributed by atoms with van der Waals surface area (Å²) < 4.78 is 0. The summed E-state index contributed by atoms with van der Waals surface area (Å²) in [7, 11) is 0. The molecule has 0 nitrogen and oxygen atoms in total. The molecule has 0 saturated carbocycles. The second-order valence-electron chi connectivity index (χ2n) is 1.65. The summed E-state index contributed by atoms with van der Waals surface area (Å²) in [5, 5.41) is 0. The Morgan fingerprint density at radius 1 is 0.800 bits per heavy atom. The SMILES string of the molecule is Cc1ccccc1.F.F.F. The van der Waals surface area contributed by atoms with Crippen LogP contribution in [0.4, 0.5) is 14.1 Å². The van der Waals surface area contributed by atoms with E-state index in [1.165, 1.54) is 5.56 Å². The maximum atomic E-state index is 2.08. The summed E-state index contributed by atoms with van der Waals surface area (Å²) in [4.78, 5) is 0. The Morgan fingerprint density at radius 3 is 1.40 bits per heavy atom. The van der Waals surface area contributed by atoms with Crippen molar-refractivity contribution in [2.75, 3.05) is 0 Å². The highest BCUT2D eigenvalue weighted by atomic mass is 19.0. The van der Waals surface area contributed by atoms with Gasteiger partial charge in [-0.1, -0.05) is 35.9 Å². The molecule has 0 atom stereocenters. The van der Waals surface area contributed by atoms with Gasteiger partial charge in [0.2, 0.25) is 0 Å². The van der Waals surface area contributed by atoms with Crippen molar-refractivity contribution in [1.82, 2.24) is 0 Å². The molecule has 0 saturated heterocycles. The van der Waals surface area contributed by atoms with Gasteiger partial charge in [-0.2, -0.15) is 0 Å². The van der Waals surface area contributed by atoms with Crippen LogP contribution in [0.1, 0.15) is 5.56 Å². The van der Waals surface area contributed by atoms with Crippen molar-refractivity contribution in [3.05, 3.63) is 35.9 Å². The van der Waals surface area contributed by atoms with Gasteiger partial charge in [-0.25, -0.2) is 0 Å². The molecule has 0 bridgehead atoms. The molecule has 1 aromatic rings. The van der Waals surface area contributed by atoms with Crippen molar-refractivity contribution in [3.63, 3.8) is 0 Å². The molecule has 0 amide bonds. The summed E-state index contributed by atoms with van der Waals surface area (Å²) in [6.07, 6.45) is 0. The minimum Gasteiger partial charge on any atom is -0.269 e. The molecule has 3 heteroatoms. The van der Waals surface area contributed by atoms with E-state index in [0.29, 0.717) is 0 Å². The largest absolute Gasteiger partial charge is 0.269 e. The monoisotopic (exact) mass is 152 g/mol. The van der Waals surface area contributed by atoms with E-state index in [2.05, 4.69) is 19.1 Å². The lowest BCUT2D eigenvalue weighted by atomic mass is 10.2. The zero-order valence-corrected chi connectivity index (χ0v) is 5.61. The summed E-state index contributed by atoms with van der Waals surface area (Å²) >= 11 is 0. The zero-order chi connectivity index (χ0) is 5.11. The lowest BCUT2D eigenvalue weighted by Crippen LogP contribution is -1.62. The summed E-state index contributed by atoms with van der Waals surface area (Å²) in [5.41, 5.74) is 1.32. The van der Waals surface area contributed by atoms with E-state index in [9.17, 15) is 0 Å². The van der Waals surface area contributed by atoms with Gasteiger partial charge >= 0.3 is 0 Å². The minimum absolute atomic E-state index is 0. The van der Waals surface area contributed by atoms with E-state index in [4.69, 9.17) is 0 Å². The molecule has 0 spiro atoms. The molecule has 10 heavy (non-hydrogen) atoms. The fourth-order valence-electron chi connectivity index (χ4n) is 0.534. The molecule has 0 fully saturated rings. The van der Waals surface area contributed by atoms with E-state index in [1.54, 1.807) is 0 Å². The van der Waals surface area contributed by atoms with Gasteiger partial charge < -0.3 is 0 Å². The fourth-order valence-corrected chi connectivity index (χ4v) is 0.534. The van der Waals surface area contributed by atoms with Crippen molar-refractivity contribution >= 4 is 0 Å². The Morgan fingerprint density at radius 2 is 1.20 bits per heavy atom. The van der Waals surface area contributed by atoms with Crippen LogP contribution >= 0.6 is 0 Å². The molecule has 0 aliphatic heterocycles. The first-order valence-corrected chi connectivity index (χ1v) is 2.41. The van der Waals surface area contributed by atoms with Crippen molar-refractivity contribution in [2.45, 2.75) is 6.92 Å². The summed E-state index contributed by atoms with van der Waals surface area (Å²) in [5.74, 6) is 0. The molecule has 0 aliphatic rings. The molecule has 60 valence electrons. The van der Waals surface area contributed by atoms with Crippen molar-refractivity contribution in [2.24, 2.45) is 0 Å². The Labute approximate surface area is 58.0 Å². The first kappa shape index (κ1) is 16.0. The van der Waals surface area contributed by atoms with Crippen molar-refractivity contribution < 1.29 is 14.1 Å². The first-order chi connectivity index (χ1) is 3.39. The van der Waals surface area contributed by atoms with Gasteiger partial charge in [-0.3, -0.25) is 14.1 Å². The number of rotatable bonds is 0. The Kier molecular flexibility index (Phi) is 12.8. The van der Waals surface area contributed by atoms with Crippen LogP contribution in [0.2, 0.25) is 0 Å². The highest BCUT2D eigenvalue weighted by Crippen LogP contribution is 1.92. The number of aryl methyl sites for hydroxylation is 1. The minimum atomic E-state index is 0. The van der Waals surface area contributed by atoms with E-state index in [1.807, 2.05) is 18.2 Å². The van der Waals surface area contributed by atoms with Crippen LogP contribution in [-0.4, -0.2) is 0 Å². The van der Waals surface area contributed by atoms with E-state index in [-0.39, 0.29) is 14.1 Å². The normalized spacial score (nSPS) is 6.10. The van der Waals surface area contributed by atoms with Gasteiger partial charge in [-0.05, 0) is 6.92 Å². The third-order valence-corrected chi connectivity index (χ3v) is 0.940. The van der Waals surface area contributed by atoms with Gasteiger partial charge in [0.25, 0.3) is 0 Å². The molecule has 1 aromatic carbocycles. The molecule has 0 radical (unpaired) electrons. The number of hydrogen-bond acceptors (Lipinski definition) is 0. The van der Waals surface area contributed by atoms with Crippen LogP contribution in [0.25, 0.3) is 0 Å². The first-order valence-electron chi connectivity index (χ1n) is 2.41. The van der Waals surface area contributed by atoms with Gasteiger partial charge in [0.05, 0.1) is 0 Å². The topological polar surface area (TPSA) is 0 Å².